The van der Waals surface area contributed by atoms with Gasteiger partial charge in [0.15, 0.2) is 0 Å². The van der Waals surface area contributed by atoms with Gasteiger partial charge in [0.1, 0.15) is 0 Å². The highest BCUT2D eigenvalue weighted by molar-refractivity contribution is 5.94. The van der Waals surface area contributed by atoms with E-state index in [2.05, 4.69) is 11.2 Å². The number of terminal acetylenes is 1. The van der Waals surface area contributed by atoms with Gasteiger partial charge >= 0.3 is 5.97 Å². The summed E-state index contributed by atoms with van der Waals surface area (Å²) in [5, 5.41) is 12.2. The van der Waals surface area contributed by atoms with Crippen LogP contribution in [0.4, 0.5) is 5.69 Å². The predicted molar refractivity (Wildman–Crippen MR) is 80.8 cm³/mol. The Labute approximate surface area is 124 Å². The lowest BCUT2D eigenvalue weighted by Gasteiger charge is -2.32. The van der Waals surface area contributed by atoms with Crippen LogP contribution in [-0.4, -0.2) is 17.0 Å². The number of carboxylic acid groups (broad SMARTS) is 1. The second-order valence-electron chi connectivity index (χ2n) is 5.60. The third-order valence-electron chi connectivity index (χ3n) is 4.08. The van der Waals surface area contributed by atoms with Gasteiger partial charge in [-0.05, 0) is 31.0 Å². The number of aliphatic carboxylic acids is 1. The maximum Gasteiger partial charge on any atom is 0.310 e. The Balaban J connectivity index is 2.06. The van der Waals surface area contributed by atoms with Crippen LogP contribution in [-0.2, 0) is 9.59 Å². The van der Waals surface area contributed by atoms with E-state index >= 15 is 0 Å². The summed E-state index contributed by atoms with van der Waals surface area (Å²) in [5.74, 6) is 1.37. The molecule has 1 amide bonds. The molecular formula is C17H19NO3. The van der Waals surface area contributed by atoms with Crippen molar-refractivity contribution in [1.29, 1.82) is 0 Å². The van der Waals surface area contributed by atoms with Gasteiger partial charge in [-0.15, -0.1) is 6.42 Å². The second-order valence-corrected chi connectivity index (χ2v) is 5.60. The van der Waals surface area contributed by atoms with Crippen molar-refractivity contribution < 1.29 is 14.7 Å². The van der Waals surface area contributed by atoms with E-state index in [9.17, 15) is 14.7 Å². The Morgan fingerprint density at radius 3 is 2.62 bits per heavy atom. The van der Waals surface area contributed by atoms with Crippen LogP contribution in [0.2, 0.25) is 0 Å². The molecular weight excluding hydrogens is 266 g/mol. The van der Waals surface area contributed by atoms with E-state index in [1.54, 1.807) is 24.3 Å². The van der Waals surface area contributed by atoms with Gasteiger partial charge in [0.05, 0.1) is 5.41 Å². The minimum absolute atomic E-state index is 0.0165. The molecule has 1 aromatic rings. The van der Waals surface area contributed by atoms with Crippen LogP contribution < -0.4 is 5.32 Å². The topological polar surface area (TPSA) is 66.4 Å². The first-order chi connectivity index (χ1) is 10.1. The normalized spacial score (nSPS) is 16.7. The Bertz CT molecular complexity index is 580. The van der Waals surface area contributed by atoms with Crippen molar-refractivity contribution in [3.05, 3.63) is 29.8 Å². The maximum absolute atomic E-state index is 12.2. The maximum atomic E-state index is 12.2. The summed E-state index contributed by atoms with van der Waals surface area (Å²) < 4.78 is 0. The average molecular weight is 285 g/mol. The molecule has 1 aliphatic rings. The number of benzene rings is 1. The fraction of sp³-hybridized carbons (Fsp3) is 0.412. The minimum atomic E-state index is -0.911. The number of rotatable bonds is 4. The summed E-state index contributed by atoms with van der Waals surface area (Å²) >= 11 is 0. The zero-order chi connectivity index (χ0) is 15.3. The smallest absolute Gasteiger partial charge is 0.310 e. The molecule has 21 heavy (non-hydrogen) atoms. The largest absolute Gasteiger partial charge is 0.481 e. The number of hydrogen-bond acceptors (Lipinski definition) is 2. The third-order valence-corrected chi connectivity index (χ3v) is 4.08. The number of amides is 1. The highest BCUT2D eigenvalue weighted by atomic mass is 16.4. The molecule has 0 atom stereocenters. The first-order valence-electron chi connectivity index (χ1n) is 7.16. The van der Waals surface area contributed by atoms with Crippen molar-refractivity contribution in [1.82, 2.24) is 0 Å². The van der Waals surface area contributed by atoms with Gasteiger partial charge in [-0.2, -0.15) is 0 Å². The molecule has 0 aromatic heterocycles. The molecule has 1 aliphatic carbocycles. The first-order valence-corrected chi connectivity index (χ1v) is 7.16. The number of nitrogens with one attached hydrogen (secondary N) is 1. The van der Waals surface area contributed by atoms with Gasteiger partial charge in [0.2, 0.25) is 5.91 Å². The number of anilines is 1. The molecule has 0 heterocycles. The van der Waals surface area contributed by atoms with E-state index in [0.29, 0.717) is 24.1 Å². The van der Waals surface area contributed by atoms with E-state index < -0.39 is 11.4 Å². The van der Waals surface area contributed by atoms with E-state index in [1.165, 1.54) is 0 Å². The SMILES string of the molecule is C#Cc1cccc(NC(=O)CC2(C(=O)O)CCCCC2)c1. The number of carbonyl (C=O) groups is 2. The fourth-order valence-corrected chi connectivity index (χ4v) is 2.89. The molecule has 110 valence electrons. The molecule has 4 nitrogen and oxygen atoms in total. The van der Waals surface area contributed by atoms with E-state index in [-0.39, 0.29) is 12.3 Å². The van der Waals surface area contributed by atoms with Gasteiger partial charge in [-0.25, -0.2) is 0 Å². The van der Waals surface area contributed by atoms with Crippen molar-refractivity contribution in [3.63, 3.8) is 0 Å². The highest BCUT2D eigenvalue weighted by Crippen LogP contribution is 2.39. The van der Waals surface area contributed by atoms with Crippen LogP contribution in [0.15, 0.2) is 24.3 Å². The summed E-state index contributed by atoms with van der Waals surface area (Å²) in [6, 6.07) is 6.98. The molecule has 1 saturated carbocycles. The minimum Gasteiger partial charge on any atom is -0.481 e. The van der Waals surface area contributed by atoms with Gasteiger partial charge in [0.25, 0.3) is 0 Å². The zero-order valence-corrected chi connectivity index (χ0v) is 11.9. The van der Waals surface area contributed by atoms with Crippen LogP contribution in [0.5, 0.6) is 0 Å². The molecule has 1 aromatic carbocycles. The van der Waals surface area contributed by atoms with Crippen molar-refractivity contribution in [2.75, 3.05) is 5.32 Å². The molecule has 0 saturated heterocycles. The Morgan fingerprint density at radius 1 is 1.29 bits per heavy atom. The van der Waals surface area contributed by atoms with Crippen LogP contribution in [0, 0.1) is 17.8 Å². The van der Waals surface area contributed by atoms with Crippen molar-refractivity contribution in [2.24, 2.45) is 5.41 Å². The third kappa shape index (κ3) is 3.63. The molecule has 0 spiro atoms. The molecule has 2 N–H and O–H groups in total. The number of carbonyl (C=O) groups excluding carboxylic acids is 1. The lowest BCUT2D eigenvalue weighted by molar-refractivity contribution is -0.153. The molecule has 0 radical (unpaired) electrons. The summed E-state index contributed by atoms with van der Waals surface area (Å²) in [4.78, 5) is 23.7. The van der Waals surface area contributed by atoms with Gasteiger partial charge in [0, 0.05) is 17.7 Å². The Hall–Kier alpha value is -2.28. The molecule has 1 fully saturated rings. The van der Waals surface area contributed by atoms with Crippen molar-refractivity contribution in [2.45, 2.75) is 38.5 Å². The van der Waals surface area contributed by atoms with Crippen LogP contribution in [0.1, 0.15) is 44.1 Å². The van der Waals surface area contributed by atoms with Gasteiger partial charge < -0.3 is 10.4 Å². The fourth-order valence-electron chi connectivity index (χ4n) is 2.89. The summed E-state index contributed by atoms with van der Waals surface area (Å²) in [6.07, 6.45) is 9.25. The quantitative estimate of drug-likeness (QED) is 0.836. The molecule has 0 aliphatic heterocycles. The summed E-state index contributed by atoms with van der Waals surface area (Å²) in [6.45, 7) is 0. The molecule has 4 heteroatoms. The second kappa shape index (κ2) is 6.45. The lowest BCUT2D eigenvalue weighted by atomic mass is 9.71. The predicted octanol–water partition coefficient (Wildman–Crippen LogP) is 3.03. The highest BCUT2D eigenvalue weighted by Gasteiger charge is 2.41. The lowest BCUT2D eigenvalue weighted by Crippen LogP contribution is -2.37. The van der Waals surface area contributed by atoms with E-state index in [0.717, 1.165) is 19.3 Å². The Morgan fingerprint density at radius 2 is 2.00 bits per heavy atom. The van der Waals surface area contributed by atoms with Crippen molar-refractivity contribution >= 4 is 17.6 Å². The standard InChI is InChI=1S/C17H19NO3/c1-2-13-7-6-8-14(11-13)18-15(19)12-17(16(20)21)9-4-3-5-10-17/h1,6-8,11H,3-5,9-10,12H2,(H,18,19)(H,20,21). The van der Waals surface area contributed by atoms with Crippen LogP contribution in [0.25, 0.3) is 0 Å². The summed E-state index contributed by atoms with van der Waals surface area (Å²) in [5.41, 5.74) is 0.372. The molecule has 2 rings (SSSR count). The summed E-state index contributed by atoms with van der Waals surface area (Å²) in [7, 11) is 0. The molecule has 0 bridgehead atoms. The van der Waals surface area contributed by atoms with Crippen molar-refractivity contribution in [3.8, 4) is 12.3 Å². The average Bonchev–Trinajstić information content (AvgIpc) is 2.48. The van der Waals surface area contributed by atoms with Gasteiger partial charge in [-0.1, -0.05) is 31.2 Å². The Kier molecular flexibility index (Phi) is 4.64. The van der Waals surface area contributed by atoms with Gasteiger partial charge in [-0.3, -0.25) is 9.59 Å². The first kappa shape index (κ1) is 15.1. The number of carboxylic acids is 1. The van der Waals surface area contributed by atoms with E-state index in [1.807, 2.05) is 0 Å². The zero-order valence-electron chi connectivity index (χ0n) is 11.9. The van der Waals surface area contributed by atoms with Crippen LogP contribution >= 0.6 is 0 Å². The monoisotopic (exact) mass is 285 g/mol. The molecule has 0 unspecified atom stereocenters. The van der Waals surface area contributed by atoms with Crippen LogP contribution in [0.3, 0.4) is 0 Å². The number of hydrogen-bond donors (Lipinski definition) is 2. The van der Waals surface area contributed by atoms with E-state index in [4.69, 9.17) is 6.42 Å².